The number of amides is 1. The summed E-state index contributed by atoms with van der Waals surface area (Å²) in [5, 5.41) is 0.763. The topological polar surface area (TPSA) is 81.8 Å². The van der Waals surface area contributed by atoms with Crippen LogP contribution in [0.5, 0.6) is 5.75 Å². The van der Waals surface area contributed by atoms with E-state index in [0.29, 0.717) is 31.0 Å². The quantitative estimate of drug-likeness (QED) is 0.560. The van der Waals surface area contributed by atoms with Crippen LogP contribution in [0.4, 0.5) is 0 Å². The summed E-state index contributed by atoms with van der Waals surface area (Å²) >= 11 is 0. The highest BCUT2D eigenvalue weighted by molar-refractivity contribution is 5.88. The van der Waals surface area contributed by atoms with Crippen LogP contribution < -0.4 is 15.9 Å². The first-order valence-electron chi connectivity index (χ1n) is 11.6. The Morgan fingerprint density at radius 3 is 2.82 bits per heavy atom. The van der Waals surface area contributed by atoms with Gasteiger partial charge in [0.05, 0.1) is 5.39 Å². The van der Waals surface area contributed by atoms with Crippen LogP contribution in [0.25, 0.3) is 11.0 Å². The second-order valence-corrected chi connectivity index (χ2v) is 9.26. The van der Waals surface area contributed by atoms with Crippen LogP contribution in [0.15, 0.2) is 50.4 Å². The number of carbonyl (C=O) groups is 1. The van der Waals surface area contributed by atoms with E-state index in [2.05, 4.69) is 6.92 Å². The van der Waals surface area contributed by atoms with Crippen LogP contribution in [0.3, 0.4) is 0 Å². The highest BCUT2D eigenvalue weighted by atomic mass is 16.5. The highest BCUT2D eigenvalue weighted by Crippen LogP contribution is 2.35. The lowest BCUT2D eigenvalue weighted by atomic mass is 9.83. The van der Waals surface area contributed by atoms with Gasteiger partial charge in [-0.15, -0.1) is 0 Å². The number of carbonyl (C=O) groups excluding carboxylic acids is 1. The van der Waals surface area contributed by atoms with E-state index in [0.717, 1.165) is 41.5 Å². The number of ether oxygens (including phenoxy) is 1. The minimum atomic E-state index is -0.377. The predicted octanol–water partition coefficient (Wildman–Crippen LogP) is 3.24. The number of likely N-dealkylation sites (tertiary alicyclic amines) is 1. The number of pyridine rings is 1. The van der Waals surface area contributed by atoms with E-state index >= 15 is 0 Å². The molecular weight excluding hydrogens is 420 g/mol. The molecule has 172 valence electrons. The van der Waals surface area contributed by atoms with Crippen molar-refractivity contribution in [1.82, 2.24) is 9.47 Å². The molecule has 2 bridgehead atoms. The molecule has 5 rings (SSSR count). The van der Waals surface area contributed by atoms with Crippen molar-refractivity contribution in [2.24, 2.45) is 5.92 Å². The molecule has 0 N–H and O–H groups in total. The molecular formula is C26H28N2O5. The average Bonchev–Trinajstić information content (AvgIpc) is 2.77. The van der Waals surface area contributed by atoms with Gasteiger partial charge in [-0.05, 0) is 55.0 Å². The molecule has 33 heavy (non-hydrogen) atoms. The van der Waals surface area contributed by atoms with Crippen molar-refractivity contribution in [2.75, 3.05) is 19.7 Å². The lowest BCUT2D eigenvalue weighted by Crippen LogP contribution is -2.50. The largest absolute Gasteiger partial charge is 0.483 e. The first kappa shape index (κ1) is 21.5. The van der Waals surface area contributed by atoms with Crippen molar-refractivity contribution < 1.29 is 13.9 Å². The van der Waals surface area contributed by atoms with Gasteiger partial charge in [-0.1, -0.05) is 19.4 Å². The highest BCUT2D eigenvalue weighted by Gasteiger charge is 2.36. The minimum absolute atomic E-state index is 0.0335. The lowest BCUT2D eigenvalue weighted by molar-refractivity contribution is -0.136. The van der Waals surface area contributed by atoms with Crippen LogP contribution in [0, 0.1) is 12.8 Å². The van der Waals surface area contributed by atoms with Crippen LogP contribution in [-0.4, -0.2) is 35.1 Å². The van der Waals surface area contributed by atoms with Crippen molar-refractivity contribution in [3.63, 3.8) is 0 Å². The molecule has 3 aromatic rings. The minimum Gasteiger partial charge on any atom is -0.483 e. The first-order chi connectivity index (χ1) is 15.9. The van der Waals surface area contributed by atoms with E-state index in [9.17, 15) is 14.4 Å². The average molecular weight is 449 g/mol. The smallest absolute Gasteiger partial charge is 0.336 e. The SMILES string of the molecule is CCCc1cc(=O)oc2cc(C)cc(OCC(=O)N3C[C@H]4C[C@@H](C3)c3cccc(=O)n3C4)c12. The molecule has 0 aliphatic carbocycles. The summed E-state index contributed by atoms with van der Waals surface area (Å²) in [5.74, 6) is 0.936. The number of aromatic nitrogens is 1. The summed E-state index contributed by atoms with van der Waals surface area (Å²) < 4.78 is 13.3. The fourth-order valence-corrected chi connectivity index (χ4v) is 5.38. The number of hydrogen-bond acceptors (Lipinski definition) is 5. The Balaban J connectivity index is 1.37. The van der Waals surface area contributed by atoms with E-state index in [4.69, 9.17) is 9.15 Å². The standard InChI is InChI=1S/C26H28N2O5/c1-3-5-18-11-25(31)33-22-9-16(2)8-21(26(18)22)32-15-24(30)27-12-17-10-19(14-27)20-6-4-7-23(29)28(20)13-17/h4,6-9,11,17,19H,3,5,10,12-15H2,1-2H3/t17-,19+/m1/s1. The van der Waals surface area contributed by atoms with Gasteiger partial charge < -0.3 is 18.6 Å². The maximum Gasteiger partial charge on any atom is 0.336 e. The zero-order chi connectivity index (χ0) is 23.1. The van der Waals surface area contributed by atoms with E-state index in [1.165, 1.54) is 6.07 Å². The molecule has 7 nitrogen and oxygen atoms in total. The van der Waals surface area contributed by atoms with E-state index in [1.807, 2.05) is 34.6 Å². The number of nitrogens with zero attached hydrogens (tertiary/aromatic N) is 2. The summed E-state index contributed by atoms with van der Waals surface area (Å²) in [7, 11) is 0. The Morgan fingerprint density at radius 1 is 1.15 bits per heavy atom. The number of piperidine rings is 1. The van der Waals surface area contributed by atoms with Gasteiger partial charge in [0.2, 0.25) is 0 Å². The molecule has 2 aromatic heterocycles. The summed E-state index contributed by atoms with van der Waals surface area (Å²) in [4.78, 5) is 39.2. The number of fused-ring (bicyclic) bond motifs is 5. The van der Waals surface area contributed by atoms with Crippen LogP contribution in [-0.2, 0) is 17.8 Å². The predicted molar refractivity (Wildman–Crippen MR) is 125 cm³/mol. The van der Waals surface area contributed by atoms with Gasteiger partial charge in [-0.3, -0.25) is 9.59 Å². The molecule has 0 saturated carbocycles. The zero-order valence-corrected chi connectivity index (χ0v) is 19.0. The molecule has 0 radical (unpaired) electrons. The molecule has 1 fully saturated rings. The van der Waals surface area contributed by atoms with Gasteiger partial charge in [-0.25, -0.2) is 4.79 Å². The normalized spacial score (nSPS) is 19.4. The summed E-state index contributed by atoms with van der Waals surface area (Å²) in [6.45, 7) is 5.75. The third-order valence-electron chi connectivity index (χ3n) is 6.74. The molecule has 4 heterocycles. The third kappa shape index (κ3) is 4.08. The number of benzene rings is 1. The van der Waals surface area contributed by atoms with Crippen molar-refractivity contribution >= 4 is 16.9 Å². The van der Waals surface area contributed by atoms with Gasteiger partial charge in [-0.2, -0.15) is 0 Å². The second kappa shape index (κ2) is 8.54. The van der Waals surface area contributed by atoms with Gasteiger partial charge in [0, 0.05) is 43.4 Å². The Bertz CT molecular complexity index is 1340. The molecule has 1 saturated heterocycles. The van der Waals surface area contributed by atoms with Gasteiger partial charge >= 0.3 is 5.63 Å². The van der Waals surface area contributed by atoms with Gasteiger partial charge in [0.25, 0.3) is 11.5 Å². The molecule has 0 unspecified atom stereocenters. The van der Waals surface area contributed by atoms with Crippen molar-refractivity contribution in [2.45, 2.75) is 45.6 Å². The van der Waals surface area contributed by atoms with Crippen LogP contribution in [0.1, 0.15) is 42.5 Å². The number of rotatable bonds is 5. The molecule has 2 aliphatic heterocycles. The van der Waals surface area contributed by atoms with Gasteiger partial charge in [0.1, 0.15) is 11.3 Å². The molecule has 2 aliphatic rings. The fraction of sp³-hybridized carbons (Fsp3) is 0.423. The monoisotopic (exact) mass is 448 g/mol. The Hall–Kier alpha value is -3.35. The molecule has 1 amide bonds. The number of hydrogen-bond donors (Lipinski definition) is 0. The number of aryl methyl sites for hydroxylation is 2. The molecule has 0 spiro atoms. The van der Waals surface area contributed by atoms with Crippen molar-refractivity contribution in [3.05, 3.63) is 74.0 Å². The van der Waals surface area contributed by atoms with Gasteiger partial charge in [0.15, 0.2) is 6.61 Å². The van der Waals surface area contributed by atoms with E-state index < -0.39 is 0 Å². The summed E-state index contributed by atoms with van der Waals surface area (Å²) in [6.07, 6.45) is 2.60. The first-order valence-corrected chi connectivity index (χ1v) is 11.6. The van der Waals surface area contributed by atoms with Crippen molar-refractivity contribution in [3.8, 4) is 5.75 Å². The van der Waals surface area contributed by atoms with E-state index in [-0.39, 0.29) is 35.5 Å². The zero-order valence-electron chi connectivity index (χ0n) is 19.0. The van der Waals surface area contributed by atoms with Crippen LogP contribution in [0.2, 0.25) is 0 Å². The lowest BCUT2D eigenvalue weighted by Gasteiger charge is -2.42. The maximum absolute atomic E-state index is 13.1. The summed E-state index contributed by atoms with van der Waals surface area (Å²) in [5.41, 5.74) is 2.94. The Kier molecular flexibility index (Phi) is 5.56. The van der Waals surface area contributed by atoms with Crippen LogP contribution >= 0.6 is 0 Å². The maximum atomic E-state index is 13.1. The Morgan fingerprint density at radius 2 is 2.00 bits per heavy atom. The van der Waals surface area contributed by atoms with E-state index in [1.54, 1.807) is 12.1 Å². The fourth-order valence-electron chi connectivity index (χ4n) is 5.38. The third-order valence-corrected chi connectivity index (χ3v) is 6.74. The summed E-state index contributed by atoms with van der Waals surface area (Å²) in [6, 6.07) is 10.6. The molecule has 1 aromatic carbocycles. The second-order valence-electron chi connectivity index (χ2n) is 9.26. The molecule has 2 atom stereocenters. The van der Waals surface area contributed by atoms with Crippen molar-refractivity contribution in [1.29, 1.82) is 0 Å². The Labute approximate surface area is 191 Å². The molecule has 7 heteroatoms.